The van der Waals surface area contributed by atoms with Crippen LogP contribution in [0.15, 0.2) is 23.1 Å². The molecule has 0 aliphatic heterocycles. The molecule has 0 atom stereocenters. The summed E-state index contributed by atoms with van der Waals surface area (Å²) < 4.78 is 0. The van der Waals surface area contributed by atoms with Crippen LogP contribution in [0.4, 0.5) is 0 Å². The third kappa shape index (κ3) is 2.56. The van der Waals surface area contributed by atoms with Crippen molar-refractivity contribution in [3.05, 3.63) is 29.3 Å². The molecular weight excluding hydrogens is 164 g/mol. The Hall–Kier alpha value is -0.430. The third-order valence-electron chi connectivity index (χ3n) is 1.92. The minimum Gasteiger partial charge on any atom is -0.143 e. The highest BCUT2D eigenvalue weighted by molar-refractivity contribution is 7.80. The molecule has 0 aliphatic rings. The summed E-state index contributed by atoms with van der Waals surface area (Å²) >= 11 is 4.39. The zero-order chi connectivity index (χ0) is 9.14. The van der Waals surface area contributed by atoms with E-state index in [2.05, 4.69) is 51.6 Å². The molecule has 0 aliphatic carbocycles. The predicted molar refractivity (Wildman–Crippen MR) is 57.0 cm³/mol. The molecule has 0 spiro atoms. The highest BCUT2D eigenvalue weighted by Crippen LogP contribution is 2.17. The average molecular weight is 180 g/mol. The third-order valence-corrected chi connectivity index (χ3v) is 2.40. The molecule has 12 heavy (non-hydrogen) atoms. The van der Waals surface area contributed by atoms with E-state index in [9.17, 15) is 0 Å². The van der Waals surface area contributed by atoms with Gasteiger partial charge in [0.15, 0.2) is 0 Å². The van der Waals surface area contributed by atoms with Crippen molar-refractivity contribution < 1.29 is 0 Å². The second-order valence-electron chi connectivity index (χ2n) is 3.72. The first kappa shape index (κ1) is 9.66. The minimum absolute atomic E-state index is 0.723. The first-order valence-corrected chi connectivity index (χ1v) is 4.83. The largest absolute Gasteiger partial charge is 0.143 e. The van der Waals surface area contributed by atoms with E-state index < -0.39 is 0 Å². The standard InChI is InChI=1S/C11H16S/c1-8(2)6-10-5-4-9(3)11(12)7-10/h4-5,7-8,12H,6H2,1-3H3. The molecule has 0 nitrogen and oxygen atoms in total. The van der Waals surface area contributed by atoms with Crippen molar-refractivity contribution >= 4 is 12.6 Å². The lowest BCUT2D eigenvalue weighted by Crippen LogP contribution is -1.94. The molecule has 0 fully saturated rings. The van der Waals surface area contributed by atoms with E-state index >= 15 is 0 Å². The molecule has 0 bridgehead atoms. The van der Waals surface area contributed by atoms with Crippen LogP contribution >= 0.6 is 12.6 Å². The maximum absolute atomic E-state index is 4.39. The Labute approximate surface area is 80.4 Å². The highest BCUT2D eigenvalue weighted by atomic mass is 32.1. The summed E-state index contributed by atoms with van der Waals surface area (Å²) in [5, 5.41) is 0. The quantitative estimate of drug-likeness (QED) is 0.662. The molecule has 1 heteroatoms. The van der Waals surface area contributed by atoms with Gasteiger partial charge in [-0.2, -0.15) is 0 Å². The summed E-state index contributed by atoms with van der Waals surface area (Å²) in [7, 11) is 0. The molecule has 0 amide bonds. The first-order chi connectivity index (χ1) is 5.59. The van der Waals surface area contributed by atoms with Crippen molar-refractivity contribution in [3.63, 3.8) is 0 Å². The fourth-order valence-electron chi connectivity index (χ4n) is 1.25. The van der Waals surface area contributed by atoms with E-state index in [0.29, 0.717) is 0 Å². The smallest absolute Gasteiger partial charge is 0.00719 e. The summed E-state index contributed by atoms with van der Waals surface area (Å²) in [6.07, 6.45) is 1.15. The Morgan fingerprint density at radius 2 is 2.00 bits per heavy atom. The molecule has 0 saturated heterocycles. The number of hydrogen-bond donors (Lipinski definition) is 1. The van der Waals surface area contributed by atoms with Gasteiger partial charge in [-0.1, -0.05) is 26.0 Å². The summed E-state index contributed by atoms with van der Waals surface area (Å²) in [5.41, 5.74) is 2.64. The van der Waals surface area contributed by atoms with Crippen LogP contribution in [0.2, 0.25) is 0 Å². The van der Waals surface area contributed by atoms with E-state index in [-0.39, 0.29) is 0 Å². The van der Waals surface area contributed by atoms with Crippen LogP contribution in [0.5, 0.6) is 0 Å². The molecule has 66 valence electrons. The molecule has 0 aromatic heterocycles. The van der Waals surface area contributed by atoms with E-state index in [0.717, 1.165) is 17.2 Å². The SMILES string of the molecule is Cc1ccc(CC(C)C)cc1S. The van der Waals surface area contributed by atoms with Crippen molar-refractivity contribution in [2.75, 3.05) is 0 Å². The molecular formula is C11H16S. The maximum atomic E-state index is 4.39. The van der Waals surface area contributed by atoms with Crippen molar-refractivity contribution in [3.8, 4) is 0 Å². The van der Waals surface area contributed by atoms with Gasteiger partial charge in [-0.25, -0.2) is 0 Å². The van der Waals surface area contributed by atoms with Gasteiger partial charge in [0, 0.05) is 4.90 Å². The van der Waals surface area contributed by atoms with Crippen LogP contribution in [-0.2, 0) is 6.42 Å². The molecule has 0 unspecified atom stereocenters. The van der Waals surface area contributed by atoms with Crippen LogP contribution in [0.1, 0.15) is 25.0 Å². The Morgan fingerprint density at radius 1 is 1.33 bits per heavy atom. The lowest BCUT2D eigenvalue weighted by molar-refractivity contribution is 0.646. The van der Waals surface area contributed by atoms with Gasteiger partial charge < -0.3 is 0 Å². The van der Waals surface area contributed by atoms with Crippen LogP contribution < -0.4 is 0 Å². The summed E-state index contributed by atoms with van der Waals surface area (Å²) in [6, 6.07) is 6.49. The molecule has 0 radical (unpaired) electrons. The van der Waals surface area contributed by atoms with Gasteiger partial charge in [0.1, 0.15) is 0 Å². The number of benzene rings is 1. The van der Waals surface area contributed by atoms with E-state index in [1.54, 1.807) is 0 Å². The predicted octanol–water partition coefficient (Wildman–Crippen LogP) is 3.48. The van der Waals surface area contributed by atoms with Gasteiger partial charge in [0.25, 0.3) is 0 Å². The van der Waals surface area contributed by atoms with Gasteiger partial charge in [-0.15, -0.1) is 12.6 Å². The fraction of sp³-hybridized carbons (Fsp3) is 0.455. The second kappa shape index (κ2) is 3.99. The molecule has 0 N–H and O–H groups in total. The van der Waals surface area contributed by atoms with Gasteiger partial charge in [0.05, 0.1) is 0 Å². The normalized spacial score (nSPS) is 10.8. The van der Waals surface area contributed by atoms with Crippen molar-refractivity contribution in [1.82, 2.24) is 0 Å². The zero-order valence-corrected chi connectivity index (χ0v) is 8.86. The van der Waals surface area contributed by atoms with Crippen LogP contribution in [0.3, 0.4) is 0 Å². The van der Waals surface area contributed by atoms with Crippen LogP contribution in [0, 0.1) is 12.8 Å². The van der Waals surface area contributed by atoms with Crippen molar-refractivity contribution in [2.24, 2.45) is 5.92 Å². The lowest BCUT2D eigenvalue weighted by atomic mass is 10.0. The van der Waals surface area contributed by atoms with E-state index in [4.69, 9.17) is 0 Å². The maximum Gasteiger partial charge on any atom is 0.00719 e. The van der Waals surface area contributed by atoms with Crippen LogP contribution in [0.25, 0.3) is 0 Å². The Balaban J connectivity index is 2.82. The minimum atomic E-state index is 0.723. The van der Waals surface area contributed by atoms with Gasteiger partial charge in [-0.05, 0) is 36.5 Å². The van der Waals surface area contributed by atoms with Crippen molar-refractivity contribution in [1.29, 1.82) is 0 Å². The van der Waals surface area contributed by atoms with Crippen LogP contribution in [-0.4, -0.2) is 0 Å². The van der Waals surface area contributed by atoms with Gasteiger partial charge in [0.2, 0.25) is 0 Å². The van der Waals surface area contributed by atoms with E-state index in [1.807, 2.05) is 0 Å². The second-order valence-corrected chi connectivity index (χ2v) is 4.20. The van der Waals surface area contributed by atoms with Gasteiger partial charge >= 0.3 is 0 Å². The Bertz CT molecular complexity index is 264. The first-order valence-electron chi connectivity index (χ1n) is 4.38. The molecule has 0 saturated carbocycles. The summed E-state index contributed by atoms with van der Waals surface area (Å²) in [4.78, 5) is 1.10. The summed E-state index contributed by atoms with van der Waals surface area (Å²) in [5.74, 6) is 0.723. The molecule has 1 aromatic rings. The lowest BCUT2D eigenvalue weighted by Gasteiger charge is -2.06. The molecule has 0 heterocycles. The number of aryl methyl sites for hydroxylation is 1. The van der Waals surface area contributed by atoms with E-state index in [1.165, 1.54) is 11.1 Å². The van der Waals surface area contributed by atoms with Crippen molar-refractivity contribution in [2.45, 2.75) is 32.1 Å². The fourth-order valence-corrected chi connectivity index (χ4v) is 1.49. The highest BCUT2D eigenvalue weighted by Gasteiger charge is 1.99. The number of thiol groups is 1. The molecule has 1 rings (SSSR count). The Morgan fingerprint density at radius 3 is 2.50 bits per heavy atom. The number of hydrogen-bond acceptors (Lipinski definition) is 1. The zero-order valence-electron chi connectivity index (χ0n) is 7.96. The monoisotopic (exact) mass is 180 g/mol. The average Bonchev–Trinajstić information content (AvgIpc) is 1.96. The molecule has 1 aromatic carbocycles. The number of rotatable bonds is 2. The Kier molecular flexibility index (Phi) is 3.21. The topological polar surface area (TPSA) is 0 Å². The summed E-state index contributed by atoms with van der Waals surface area (Å²) in [6.45, 7) is 6.55. The van der Waals surface area contributed by atoms with Gasteiger partial charge in [-0.3, -0.25) is 0 Å².